The molecule has 33 heavy (non-hydrogen) atoms. The number of fused-ring (bicyclic) bond motifs is 1. The molecule has 1 fully saturated rings. The minimum absolute atomic E-state index is 0. The van der Waals surface area contributed by atoms with Gasteiger partial charge >= 0.3 is 0 Å². The van der Waals surface area contributed by atoms with Gasteiger partial charge in [0.05, 0.1) is 5.52 Å². The van der Waals surface area contributed by atoms with E-state index in [1.54, 1.807) is 6.07 Å². The van der Waals surface area contributed by atoms with Crippen molar-refractivity contribution in [2.75, 3.05) is 13.1 Å². The van der Waals surface area contributed by atoms with Gasteiger partial charge in [-0.3, -0.25) is 0 Å². The monoisotopic (exact) mass is 445 g/mol. The summed E-state index contributed by atoms with van der Waals surface area (Å²) in [6.07, 6.45) is 0. The van der Waals surface area contributed by atoms with Crippen LogP contribution >= 0.6 is 0 Å². The van der Waals surface area contributed by atoms with Crippen LogP contribution in [-0.2, 0) is 6.61 Å². The van der Waals surface area contributed by atoms with Crippen molar-refractivity contribution in [2.45, 2.75) is 39.2 Å². The average molecular weight is 446 g/mol. The first kappa shape index (κ1) is 23.0. The Morgan fingerprint density at radius 3 is 2.42 bits per heavy atom. The standard InChI is InChI=1S/C28H29FN2O.H3N/c1-18(2)28-27(21-15-30-16-21)24-14-23(32-17-20-7-5-4-6-8-20)10-12-26(24)31(28)22-9-11-25(29)19(3)13-22;/h4-14,18,21,30H,15-17H2,1-3H3;1H3. The van der Waals surface area contributed by atoms with Crippen LogP contribution in [-0.4, -0.2) is 17.7 Å². The SMILES string of the molecule is Cc1cc(-n2c(C(C)C)c(C3CNC3)c3cc(OCc4ccccc4)ccc32)ccc1F.N. The summed E-state index contributed by atoms with van der Waals surface area (Å²) in [5.41, 5.74) is 6.66. The second kappa shape index (κ2) is 9.38. The first-order valence-electron chi connectivity index (χ1n) is 11.3. The van der Waals surface area contributed by atoms with Crippen molar-refractivity contribution in [3.63, 3.8) is 0 Å². The molecule has 1 aliphatic rings. The van der Waals surface area contributed by atoms with Crippen molar-refractivity contribution >= 4 is 10.9 Å². The van der Waals surface area contributed by atoms with E-state index in [1.807, 2.05) is 43.3 Å². The lowest BCUT2D eigenvalue weighted by Gasteiger charge is -2.29. The molecule has 3 aromatic carbocycles. The molecule has 4 aromatic rings. The minimum Gasteiger partial charge on any atom is -0.489 e. The fourth-order valence-corrected chi connectivity index (χ4v) is 4.68. The van der Waals surface area contributed by atoms with Crippen molar-refractivity contribution in [2.24, 2.45) is 0 Å². The quantitative estimate of drug-likeness (QED) is 0.350. The van der Waals surface area contributed by atoms with E-state index in [-0.39, 0.29) is 12.0 Å². The predicted molar refractivity (Wildman–Crippen MR) is 133 cm³/mol. The maximum absolute atomic E-state index is 14.0. The first-order chi connectivity index (χ1) is 15.5. The number of nitrogens with zero attached hydrogens (tertiary/aromatic N) is 1. The summed E-state index contributed by atoms with van der Waals surface area (Å²) in [6.45, 7) is 8.81. The predicted octanol–water partition coefficient (Wildman–Crippen LogP) is 6.63. The van der Waals surface area contributed by atoms with E-state index >= 15 is 0 Å². The minimum atomic E-state index is -0.170. The van der Waals surface area contributed by atoms with Crippen molar-refractivity contribution < 1.29 is 9.13 Å². The first-order valence-corrected chi connectivity index (χ1v) is 11.3. The van der Waals surface area contributed by atoms with E-state index < -0.39 is 0 Å². The lowest BCUT2D eigenvalue weighted by Crippen LogP contribution is -2.40. The Morgan fingerprint density at radius 1 is 1.03 bits per heavy atom. The van der Waals surface area contributed by atoms with E-state index in [0.29, 0.717) is 24.0 Å². The van der Waals surface area contributed by atoms with Crippen LogP contribution in [0.15, 0.2) is 66.7 Å². The zero-order valence-corrected chi connectivity index (χ0v) is 19.6. The molecule has 0 unspecified atom stereocenters. The summed E-state index contributed by atoms with van der Waals surface area (Å²) in [7, 11) is 0. The molecular weight excluding hydrogens is 413 g/mol. The van der Waals surface area contributed by atoms with E-state index in [1.165, 1.54) is 16.6 Å². The van der Waals surface area contributed by atoms with Crippen LogP contribution in [0.3, 0.4) is 0 Å². The lowest BCUT2D eigenvalue weighted by molar-refractivity contribution is 0.306. The average Bonchev–Trinajstić information content (AvgIpc) is 3.08. The van der Waals surface area contributed by atoms with E-state index in [0.717, 1.165) is 35.6 Å². The summed E-state index contributed by atoms with van der Waals surface area (Å²) in [5.74, 6) is 1.51. The van der Waals surface area contributed by atoms with Crippen LogP contribution in [0.1, 0.15) is 48.1 Å². The number of aryl methyl sites for hydroxylation is 1. The Labute approximate surface area is 195 Å². The van der Waals surface area contributed by atoms with Crippen LogP contribution in [0.2, 0.25) is 0 Å². The molecule has 0 saturated carbocycles. The van der Waals surface area contributed by atoms with Crippen LogP contribution < -0.4 is 16.2 Å². The molecule has 1 aliphatic heterocycles. The fourth-order valence-electron chi connectivity index (χ4n) is 4.68. The summed E-state index contributed by atoms with van der Waals surface area (Å²) in [5, 5.41) is 4.66. The second-order valence-electron chi connectivity index (χ2n) is 9.03. The third kappa shape index (κ3) is 4.26. The van der Waals surface area contributed by atoms with Gasteiger partial charge in [0.1, 0.15) is 18.2 Å². The van der Waals surface area contributed by atoms with Gasteiger partial charge in [0.15, 0.2) is 0 Å². The van der Waals surface area contributed by atoms with Gasteiger partial charge < -0.3 is 20.8 Å². The van der Waals surface area contributed by atoms with Gasteiger partial charge in [-0.25, -0.2) is 4.39 Å². The Hall–Kier alpha value is -3.15. The number of nitrogens with one attached hydrogen (secondary N) is 1. The molecule has 4 nitrogen and oxygen atoms in total. The van der Waals surface area contributed by atoms with Gasteiger partial charge in [-0.15, -0.1) is 0 Å². The normalized spacial score (nSPS) is 13.7. The topological polar surface area (TPSA) is 61.2 Å². The molecule has 0 bridgehead atoms. The number of aromatic nitrogens is 1. The number of halogens is 1. The highest BCUT2D eigenvalue weighted by molar-refractivity contribution is 5.89. The van der Waals surface area contributed by atoms with Crippen molar-refractivity contribution in [1.82, 2.24) is 16.0 Å². The fraction of sp³-hybridized carbons (Fsp3) is 0.286. The summed E-state index contributed by atoms with van der Waals surface area (Å²) >= 11 is 0. The van der Waals surface area contributed by atoms with Gasteiger partial charge in [-0.2, -0.15) is 0 Å². The molecular formula is C28H32FN3O. The molecule has 0 atom stereocenters. The highest BCUT2D eigenvalue weighted by atomic mass is 19.1. The Balaban J connectivity index is 0.00000259. The largest absolute Gasteiger partial charge is 0.489 e. The van der Waals surface area contributed by atoms with E-state index in [9.17, 15) is 4.39 Å². The molecule has 5 rings (SSSR count). The number of benzene rings is 3. The molecule has 0 aliphatic carbocycles. The Bertz CT molecular complexity index is 1260. The summed E-state index contributed by atoms with van der Waals surface area (Å²) in [6, 6.07) is 22.0. The van der Waals surface area contributed by atoms with Gasteiger partial charge in [-0.1, -0.05) is 44.2 Å². The van der Waals surface area contributed by atoms with Gasteiger partial charge in [0, 0.05) is 35.8 Å². The Morgan fingerprint density at radius 2 is 1.79 bits per heavy atom. The maximum Gasteiger partial charge on any atom is 0.126 e. The molecule has 5 heteroatoms. The van der Waals surface area contributed by atoms with Gasteiger partial charge in [0.25, 0.3) is 0 Å². The van der Waals surface area contributed by atoms with Crippen LogP contribution in [0.25, 0.3) is 16.6 Å². The van der Waals surface area contributed by atoms with Crippen LogP contribution in [0, 0.1) is 12.7 Å². The van der Waals surface area contributed by atoms with E-state index in [4.69, 9.17) is 4.74 Å². The van der Waals surface area contributed by atoms with Gasteiger partial charge in [0.2, 0.25) is 0 Å². The van der Waals surface area contributed by atoms with Crippen molar-refractivity contribution in [3.05, 3.63) is 94.9 Å². The van der Waals surface area contributed by atoms with Gasteiger partial charge in [-0.05, 0) is 65.9 Å². The number of hydrogen-bond donors (Lipinski definition) is 2. The molecule has 2 heterocycles. The molecule has 0 radical (unpaired) electrons. The maximum atomic E-state index is 14.0. The Kier molecular flexibility index (Phi) is 6.54. The third-order valence-corrected chi connectivity index (χ3v) is 6.40. The zero-order chi connectivity index (χ0) is 22.2. The molecule has 1 aromatic heterocycles. The zero-order valence-electron chi connectivity index (χ0n) is 19.6. The summed E-state index contributed by atoms with van der Waals surface area (Å²) in [4.78, 5) is 0. The van der Waals surface area contributed by atoms with Crippen molar-refractivity contribution in [3.8, 4) is 11.4 Å². The highest BCUT2D eigenvalue weighted by Crippen LogP contribution is 2.41. The number of rotatable bonds is 6. The van der Waals surface area contributed by atoms with Crippen LogP contribution in [0.4, 0.5) is 4.39 Å². The number of hydrogen-bond acceptors (Lipinski definition) is 3. The molecule has 1 saturated heterocycles. The summed E-state index contributed by atoms with van der Waals surface area (Å²) < 4.78 is 22.5. The molecule has 0 spiro atoms. The van der Waals surface area contributed by atoms with Crippen molar-refractivity contribution in [1.29, 1.82) is 0 Å². The lowest BCUT2D eigenvalue weighted by atomic mass is 9.88. The second-order valence-corrected chi connectivity index (χ2v) is 9.03. The highest BCUT2D eigenvalue weighted by Gasteiger charge is 2.30. The molecule has 4 N–H and O–H groups in total. The number of ether oxygens (including phenoxy) is 1. The van der Waals surface area contributed by atoms with E-state index in [2.05, 4.69) is 48.0 Å². The molecule has 172 valence electrons. The smallest absolute Gasteiger partial charge is 0.126 e. The van der Waals surface area contributed by atoms with Crippen LogP contribution in [0.5, 0.6) is 5.75 Å². The third-order valence-electron chi connectivity index (χ3n) is 6.40. The molecule has 0 amide bonds.